The number of thiophene rings is 1. The first-order valence-electron chi connectivity index (χ1n) is 8.30. The molecule has 1 atom stereocenters. The molecule has 2 aromatic carbocycles. The number of carbonyl (C=O) groups excluding carboxylic acids is 1. The van der Waals surface area contributed by atoms with Gasteiger partial charge in [-0.05, 0) is 34.7 Å². The summed E-state index contributed by atoms with van der Waals surface area (Å²) < 4.78 is 39.3. The summed E-state index contributed by atoms with van der Waals surface area (Å²) in [7, 11) is -3.63. The molecule has 7 heteroatoms. The van der Waals surface area contributed by atoms with Crippen molar-refractivity contribution in [1.29, 1.82) is 0 Å². The highest BCUT2D eigenvalue weighted by Crippen LogP contribution is 2.31. The second-order valence-electron chi connectivity index (χ2n) is 5.98. The molecule has 0 aliphatic carbocycles. The maximum atomic E-state index is 13.0. The fraction of sp³-hybridized carbons (Fsp3) is 0.150. The Morgan fingerprint density at radius 3 is 2.33 bits per heavy atom. The van der Waals surface area contributed by atoms with Crippen LogP contribution >= 0.6 is 11.3 Å². The van der Waals surface area contributed by atoms with Gasteiger partial charge < -0.3 is 5.32 Å². The van der Waals surface area contributed by atoms with Crippen molar-refractivity contribution in [1.82, 2.24) is 5.32 Å². The van der Waals surface area contributed by atoms with Crippen LogP contribution in [0.1, 0.15) is 16.4 Å². The summed E-state index contributed by atoms with van der Waals surface area (Å²) in [6.07, 6.45) is 0.0564. The molecule has 3 rings (SSSR count). The normalized spacial score (nSPS) is 12.5. The summed E-state index contributed by atoms with van der Waals surface area (Å²) in [5.41, 5.74) is 1.28. The number of benzene rings is 2. The van der Waals surface area contributed by atoms with Crippen LogP contribution in [0.2, 0.25) is 0 Å². The molecule has 0 spiro atoms. The fourth-order valence-corrected chi connectivity index (χ4v) is 5.56. The van der Waals surface area contributed by atoms with Crippen LogP contribution in [0.5, 0.6) is 0 Å². The summed E-state index contributed by atoms with van der Waals surface area (Å²) in [6.45, 7) is -0.0374. The van der Waals surface area contributed by atoms with Gasteiger partial charge in [0.15, 0.2) is 9.84 Å². The molecule has 0 unspecified atom stereocenters. The Balaban J connectivity index is 1.76. The highest BCUT2D eigenvalue weighted by atomic mass is 32.2. The van der Waals surface area contributed by atoms with E-state index in [2.05, 4.69) is 5.32 Å². The van der Waals surface area contributed by atoms with E-state index in [0.717, 1.165) is 11.3 Å². The van der Waals surface area contributed by atoms with E-state index in [0.29, 0.717) is 11.1 Å². The van der Waals surface area contributed by atoms with Crippen LogP contribution < -0.4 is 5.32 Å². The lowest BCUT2D eigenvalue weighted by Crippen LogP contribution is -2.32. The van der Waals surface area contributed by atoms with Crippen LogP contribution in [0.15, 0.2) is 76.3 Å². The van der Waals surface area contributed by atoms with Gasteiger partial charge in [0.2, 0.25) is 5.91 Å². The van der Waals surface area contributed by atoms with Crippen molar-refractivity contribution in [2.75, 3.05) is 6.54 Å². The third-order valence-electron chi connectivity index (χ3n) is 4.08. The average Bonchev–Trinajstić information content (AvgIpc) is 3.20. The summed E-state index contributed by atoms with van der Waals surface area (Å²) >= 11 is 1.15. The standard InChI is InChI=1S/C20H18FNO3S2/c21-17-10-8-15(9-11-17)13-19(23)22-14-18(16-5-2-1-3-6-16)27(24,25)20-7-4-12-26-20/h1-12,18H,13-14H2,(H,22,23)/t18-/m1/s1. The molecule has 3 aromatic rings. The van der Waals surface area contributed by atoms with Gasteiger partial charge in [0.05, 0.1) is 6.42 Å². The van der Waals surface area contributed by atoms with Crippen LogP contribution in [0.4, 0.5) is 4.39 Å². The molecule has 0 bridgehead atoms. The van der Waals surface area contributed by atoms with Crippen molar-refractivity contribution < 1.29 is 17.6 Å². The highest BCUT2D eigenvalue weighted by Gasteiger charge is 2.30. The minimum Gasteiger partial charge on any atom is -0.354 e. The second-order valence-corrected chi connectivity index (χ2v) is 9.29. The zero-order valence-corrected chi connectivity index (χ0v) is 16.0. The minimum absolute atomic E-state index is 0.0374. The highest BCUT2D eigenvalue weighted by molar-refractivity contribution is 7.93. The van der Waals surface area contributed by atoms with Gasteiger partial charge in [0.25, 0.3) is 0 Å². The zero-order chi connectivity index (χ0) is 19.3. The van der Waals surface area contributed by atoms with E-state index in [1.54, 1.807) is 41.8 Å². The summed E-state index contributed by atoms with van der Waals surface area (Å²) in [5, 5.41) is 3.54. The predicted molar refractivity (Wildman–Crippen MR) is 104 cm³/mol. The SMILES string of the molecule is O=C(Cc1ccc(F)cc1)NC[C@H](c1ccccc1)S(=O)(=O)c1cccs1. The van der Waals surface area contributed by atoms with Crippen molar-refractivity contribution >= 4 is 27.1 Å². The Hall–Kier alpha value is -2.51. The summed E-state index contributed by atoms with van der Waals surface area (Å²) in [6, 6.07) is 17.7. The van der Waals surface area contributed by atoms with Crippen LogP contribution in [0.3, 0.4) is 0 Å². The van der Waals surface area contributed by atoms with Crippen molar-refractivity contribution in [2.45, 2.75) is 15.9 Å². The first kappa shape index (κ1) is 19.3. The van der Waals surface area contributed by atoms with E-state index in [9.17, 15) is 17.6 Å². The lowest BCUT2D eigenvalue weighted by molar-refractivity contribution is -0.120. The van der Waals surface area contributed by atoms with Crippen molar-refractivity contribution in [2.24, 2.45) is 0 Å². The molecule has 0 fully saturated rings. The molecule has 1 aromatic heterocycles. The lowest BCUT2D eigenvalue weighted by atomic mass is 10.1. The largest absolute Gasteiger partial charge is 0.354 e. The Labute approximate surface area is 161 Å². The molecule has 0 saturated heterocycles. The van der Waals surface area contributed by atoms with E-state index >= 15 is 0 Å². The van der Waals surface area contributed by atoms with Gasteiger partial charge in [-0.1, -0.05) is 48.5 Å². The predicted octanol–water partition coefficient (Wildman–Crippen LogP) is 3.76. The fourth-order valence-electron chi connectivity index (χ4n) is 2.70. The number of sulfone groups is 1. The van der Waals surface area contributed by atoms with E-state index in [1.807, 2.05) is 6.07 Å². The monoisotopic (exact) mass is 403 g/mol. The van der Waals surface area contributed by atoms with Crippen molar-refractivity contribution in [3.05, 3.63) is 89.1 Å². The molecule has 1 amide bonds. The van der Waals surface area contributed by atoms with Crippen LogP contribution in [0, 0.1) is 5.82 Å². The molecule has 0 aliphatic heterocycles. The molecular formula is C20H18FNO3S2. The maximum Gasteiger partial charge on any atom is 0.224 e. The molecule has 27 heavy (non-hydrogen) atoms. The Kier molecular flexibility index (Phi) is 6.03. The van der Waals surface area contributed by atoms with Gasteiger partial charge in [-0.2, -0.15) is 0 Å². The minimum atomic E-state index is -3.63. The Morgan fingerprint density at radius 2 is 1.70 bits per heavy atom. The van der Waals surface area contributed by atoms with Gasteiger partial charge >= 0.3 is 0 Å². The zero-order valence-electron chi connectivity index (χ0n) is 14.3. The van der Waals surface area contributed by atoms with Gasteiger partial charge in [-0.3, -0.25) is 4.79 Å². The Morgan fingerprint density at radius 1 is 1.00 bits per heavy atom. The van der Waals surface area contributed by atoms with E-state index in [1.165, 1.54) is 24.3 Å². The van der Waals surface area contributed by atoms with Gasteiger partial charge in [0.1, 0.15) is 15.3 Å². The van der Waals surface area contributed by atoms with E-state index < -0.39 is 15.1 Å². The topological polar surface area (TPSA) is 63.2 Å². The number of rotatable bonds is 7. The van der Waals surface area contributed by atoms with Crippen molar-refractivity contribution in [3.63, 3.8) is 0 Å². The molecule has 1 N–H and O–H groups in total. The number of carbonyl (C=O) groups is 1. The number of nitrogens with one attached hydrogen (secondary N) is 1. The van der Waals surface area contributed by atoms with Crippen molar-refractivity contribution in [3.8, 4) is 0 Å². The lowest BCUT2D eigenvalue weighted by Gasteiger charge is -2.18. The summed E-state index contributed by atoms with van der Waals surface area (Å²) in [4.78, 5) is 12.2. The van der Waals surface area contributed by atoms with Crippen LogP contribution in [-0.2, 0) is 21.1 Å². The molecule has 1 heterocycles. The van der Waals surface area contributed by atoms with Crippen LogP contribution in [0.25, 0.3) is 0 Å². The number of amides is 1. The van der Waals surface area contributed by atoms with Gasteiger partial charge in [0, 0.05) is 6.54 Å². The van der Waals surface area contributed by atoms with Gasteiger partial charge in [-0.25, -0.2) is 12.8 Å². The first-order valence-corrected chi connectivity index (χ1v) is 10.7. The Bertz CT molecular complexity index is 985. The number of halogens is 1. The van der Waals surface area contributed by atoms with Gasteiger partial charge in [-0.15, -0.1) is 11.3 Å². The summed E-state index contributed by atoms with van der Waals surface area (Å²) in [5.74, 6) is -0.686. The molecule has 0 aliphatic rings. The molecule has 0 radical (unpaired) electrons. The number of hydrogen-bond donors (Lipinski definition) is 1. The molecule has 4 nitrogen and oxygen atoms in total. The quantitative estimate of drug-likeness (QED) is 0.653. The molecule has 0 saturated carbocycles. The maximum absolute atomic E-state index is 13.0. The second kappa shape index (κ2) is 8.45. The first-order chi connectivity index (χ1) is 13.0. The molecule has 140 valence electrons. The van der Waals surface area contributed by atoms with Crippen LogP contribution in [-0.4, -0.2) is 20.9 Å². The third kappa shape index (κ3) is 4.81. The smallest absolute Gasteiger partial charge is 0.224 e. The van der Waals surface area contributed by atoms with E-state index in [4.69, 9.17) is 0 Å². The molecular weight excluding hydrogens is 385 g/mol. The third-order valence-corrected chi connectivity index (χ3v) is 7.62. The average molecular weight is 404 g/mol. The number of hydrogen-bond acceptors (Lipinski definition) is 4. The van der Waals surface area contributed by atoms with E-state index in [-0.39, 0.29) is 28.9 Å².